The molecule has 0 saturated carbocycles. The third-order valence-electron chi connectivity index (χ3n) is 3.77. The summed E-state index contributed by atoms with van der Waals surface area (Å²) >= 11 is 0. The lowest BCUT2D eigenvalue weighted by atomic mass is 10.1. The second-order valence-electron chi connectivity index (χ2n) is 5.74. The van der Waals surface area contributed by atoms with Crippen molar-refractivity contribution in [1.82, 2.24) is 10.9 Å². The maximum Gasteiger partial charge on any atom is 0.271 e. The number of nitrogens with zero attached hydrogens (tertiary/aromatic N) is 2. The Labute approximate surface area is 162 Å². The average molecular weight is 370 g/mol. The van der Waals surface area contributed by atoms with Crippen LogP contribution in [0, 0.1) is 0 Å². The van der Waals surface area contributed by atoms with Crippen LogP contribution in [0.5, 0.6) is 0 Å². The van der Waals surface area contributed by atoms with Gasteiger partial charge in [-0.3, -0.25) is 9.59 Å². The zero-order valence-electron chi connectivity index (χ0n) is 14.9. The van der Waals surface area contributed by atoms with Gasteiger partial charge in [0.2, 0.25) is 0 Å². The van der Waals surface area contributed by atoms with Crippen molar-refractivity contribution in [3.8, 4) is 0 Å². The Bertz CT molecular complexity index is 985. The predicted molar refractivity (Wildman–Crippen MR) is 109 cm³/mol. The van der Waals surface area contributed by atoms with E-state index < -0.39 is 0 Å². The Kier molecular flexibility index (Phi) is 6.41. The number of hydrazone groups is 2. The molecule has 138 valence electrons. The van der Waals surface area contributed by atoms with E-state index in [0.29, 0.717) is 16.8 Å². The SMILES string of the molecule is O=C(N/N=C\C(=N/NC(=O)c1ccccc1)c1ccccc1)c1ccccc1. The van der Waals surface area contributed by atoms with Crippen molar-refractivity contribution >= 4 is 23.7 Å². The lowest BCUT2D eigenvalue weighted by molar-refractivity contribution is 0.0946. The molecule has 0 aliphatic heterocycles. The Balaban J connectivity index is 1.74. The van der Waals surface area contributed by atoms with Gasteiger partial charge in [-0.25, -0.2) is 10.9 Å². The summed E-state index contributed by atoms with van der Waals surface area (Å²) in [5.41, 5.74) is 7.10. The molecule has 28 heavy (non-hydrogen) atoms. The number of rotatable bonds is 6. The van der Waals surface area contributed by atoms with Crippen molar-refractivity contribution in [3.63, 3.8) is 0 Å². The maximum atomic E-state index is 12.2. The molecule has 0 unspecified atom stereocenters. The standard InChI is InChI=1S/C22H18N4O2/c27-21(18-12-6-2-7-13-18)25-23-16-20(17-10-4-1-5-11-17)24-26-22(28)19-14-8-3-9-15-19/h1-16H,(H,25,27)(H,26,28)/b23-16-,24-20+. The predicted octanol–water partition coefficient (Wildman–Crippen LogP) is 3.24. The zero-order valence-corrected chi connectivity index (χ0v) is 14.9. The van der Waals surface area contributed by atoms with E-state index >= 15 is 0 Å². The smallest absolute Gasteiger partial charge is 0.267 e. The number of hydrogen-bond acceptors (Lipinski definition) is 4. The summed E-state index contributed by atoms with van der Waals surface area (Å²) in [5, 5.41) is 8.12. The third-order valence-corrected chi connectivity index (χ3v) is 3.77. The van der Waals surface area contributed by atoms with Gasteiger partial charge in [-0.2, -0.15) is 10.2 Å². The van der Waals surface area contributed by atoms with Crippen LogP contribution >= 0.6 is 0 Å². The molecule has 6 nitrogen and oxygen atoms in total. The Hall–Kier alpha value is -4.06. The fourth-order valence-corrected chi connectivity index (χ4v) is 2.35. The van der Waals surface area contributed by atoms with Crippen LogP contribution in [0.2, 0.25) is 0 Å². The molecule has 0 aliphatic carbocycles. The Morgan fingerprint density at radius 2 is 1.04 bits per heavy atom. The van der Waals surface area contributed by atoms with Gasteiger partial charge in [-0.1, -0.05) is 66.7 Å². The highest BCUT2D eigenvalue weighted by Crippen LogP contribution is 2.02. The maximum absolute atomic E-state index is 12.2. The highest BCUT2D eigenvalue weighted by molar-refractivity contribution is 6.38. The van der Waals surface area contributed by atoms with Gasteiger partial charge in [0.25, 0.3) is 11.8 Å². The molecule has 0 bridgehead atoms. The minimum absolute atomic E-state index is 0.336. The van der Waals surface area contributed by atoms with E-state index in [9.17, 15) is 9.59 Å². The first-order chi connectivity index (χ1) is 13.7. The lowest BCUT2D eigenvalue weighted by Crippen LogP contribution is -2.22. The first-order valence-corrected chi connectivity index (χ1v) is 8.61. The van der Waals surface area contributed by atoms with Gasteiger partial charge in [0.15, 0.2) is 0 Å². The van der Waals surface area contributed by atoms with Crippen molar-refractivity contribution in [1.29, 1.82) is 0 Å². The summed E-state index contributed by atoms with van der Waals surface area (Å²) in [6.07, 6.45) is 1.39. The second kappa shape index (κ2) is 9.59. The minimum atomic E-state index is -0.337. The molecular weight excluding hydrogens is 352 g/mol. The molecule has 0 heterocycles. The van der Waals surface area contributed by atoms with Crippen LogP contribution in [0.15, 0.2) is 101 Å². The van der Waals surface area contributed by atoms with Crippen molar-refractivity contribution < 1.29 is 9.59 Å². The zero-order chi connectivity index (χ0) is 19.6. The highest BCUT2D eigenvalue weighted by Gasteiger charge is 2.06. The first-order valence-electron chi connectivity index (χ1n) is 8.61. The number of hydrogen-bond donors (Lipinski definition) is 2. The fourth-order valence-electron chi connectivity index (χ4n) is 2.35. The molecule has 0 saturated heterocycles. The topological polar surface area (TPSA) is 82.9 Å². The van der Waals surface area contributed by atoms with Crippen molar-refractivity contribution in [2.45, 2.75) is 0 Å². The quantitative estimate of drug-likeness (QED) is 0.516. The van der Waals surface area contributed by atoms with Crippen LogP contribution < -0.4 is 10.9 Å². The number of nitrogens with one attached hydrogen (secondary N) is 2. The largest absolute Gasteiger partial charge is 0.271 e. The summed E-state index contributed by atoms with van der Waals surface area (Å²) in [6.45, 7) is 0. The van der Waals surface area contributed by atoms with E-state index in [1.165, 1.54) is 6.21 Å². The van der Waals surface area contributed by atoms with Crippen LogP contribution in [0.25, 0.3) is 0 Å². The molecule has 6 heteroatoms. The number of carbonyl (C=O) groups is 2. The minimum Gasteiger partial charge on any atom is -0.267 e. The monoisotopic (exact) mass is 370 g/mol. The molecule has 2 amide bonds. The van der Waals surface area contributed by atoms with Gasteiger partial charge in [0, 0.05) is 16.7 Å². The van der Waals surface area contributed by atoms with Crippen molar-refractivity contribution in [3.05, 3.63) is 108 Å². The lowest BCUT2D eigenvalue weighted by Gasteiger charge is -2.04. The normalized spacial score (nSPS) is 11.2. The van der Waals surface area contributed by atoms with Gasteiger partial charge < -0.3 is 0 Å². The molecule has 0 atom stereocenters. The molecule has 0 fully saturated rings. The van der Waals surface area contributed by atoms with Gasteiger partial charge in [-0.15, -0.1) is 0 Å². The van der Waals surface area contributed by atoms with E-state index in [4.69, 9.17) is 0 Å². The average Bonchev–Trinajstić information content (AvgIpc) is 2.77. The molecule has 3 aromatic rings. The van der Waals surface area contributed by atoms with E-state index in [1.54, 1.807) is 48.5 Å². The Morgan fingerprint density at radius 1 is 0.607 bits per heavy atom. The number of carbonyl (C=O) groups excluding carboxylic acids is 2. The van der Waals surface area contributed by atoms with Crippen LogP contribution in [0.4, 0.5) is 0 Å². The van der Waals surface area contributed by atoms with E-state index in [0.717, 1.165) is 5.56 Å². The summed E-state index contributed by atoms with van der Waals surface area (Å²) < 4.78 is 0. The van der Waals surface area contributed by atoms with Crippen LogP contribution in [0.1, 0.15) is 26.3 Å². The summed E-state index contributed by atoms with van der Waals surface area (Å²) in [5.74, 6) is -0.673. The molecule has 2 N–H and O–H groups in total. The van der Waals surface area contributed by atoms with Gasteiger partial charge >= 0.3 is 0 Å². The van der Waals surface area contributed by atoms with Gasteiger partial charge in [0.1, 0.15) is 5.71 Å². The third kappa shape index (κ3) is 5.22. The highest BCUT2D eigenvalue weighted by atomic mass is 16.2. The number of amides is 2. The van der Waals surface area contributed by atoms with Gasteiger partial charge in [-0.05, 0) is 24.3 Å². The van der Waals surface area contributed by atoms with Crippen LogP contribution in [0.3, 0.4) is 0 Å². The second-order valence-corrected chi connectivity index (χ2v) is 5.74. The van der Waals surface area contributed by atoms with Crippen LogP contribution in [-0.4, -0.2) is 23.7 Å². The van der Waals surface area contributed by atoms with Crippen molar-refractivity contribution in [2.24, 2.45) is 10.2 Å². The summed E-state index contributed by atoms with van der Waals surface area (Å²) in [7, 11) is 0. The molecule has 0 aliphatic rings. The van der Waals surface area contributed by atoms with Gasteiger partial charge in [0.05, 0.1) is 6.21 Å². The van der Waals surface area contributed by atoms with E-state index in [-0.39, 0.29) is 11.8 Å². The first kappa shape index (κ1) is 18.7. The number of benzene rings is 3. The molecular formula is C22H18N4O2. The Morgan fingerprint density at radius 3 is 1.54 bits per heavy atom. The molecule has 0 spiro atoms. The summed E-state index contributed by atoms with van der Waals surface area (Å²) in [6, 6.07) is 26.8. The molecule has 3 rings (SSSR count). The van der Waals surface area contributed by atoms with E-state index in [1.807, 2.05) is 42.5 Å². The van der Waals surface area contributed by atoms with E-state index in [2.05, 4.69) is 21.1 Å². The fraction of sp³-hybridized carbons (Fsp3) is 0. The molecule has 3 aromatic carbocycles. The molecule has 0 aromatic heterocycles. The van der Waals surface area contributed by atoms with Crippen LogP contribution in [-0.2, 0) is 0 Å². The summed E-state index contributed by atoms with van der Waals surface area (Å²) in [4.78, 5) is 24.3. The molecule has 0 radical (unpaired) electrons. The van der Waals surface area contributed by atoms with Crippen molar-refractivity contribution in [2.75, 3.05) is 0 Å².